The fourth-order valence-electron chi connectivity index (χ4n) is 1.92. The van der Waals surface area contributed by atoms with Crippen molar-refractivity contribution in [1.82, 2.24) is 5.32 Å². The summed E-state index contributed by atoms with van der Waals surface area (Å²) in [7, 11) is -0.815. The van der Waals surface area contributed by atoms with E-state index in [0.29, 0.717) is 0 Å². The van der Waals surface area contributed by atoms with E-state index in [9.17, 15) is 8.60 Å². The number of unbranched alkanes of at least 4 members (excludes halogenated alkanes) is 1. The van der Waals surface area contributed by atoms with Gasteiger partial charge in [0.1, 0.15) is 5.82 Å². The molecule has 1 rings (SSSR count). The standard InChI is InChI=1S/C15H24FNOS/c1-4-5-6-15(17-11-12(2)19(3)18)13-7-9-14(16)10-8-13/h7-10,12,15,17H,4-6,11H2,1-3H3. The second-order valence-electron chi connectivity index (χ2n) is 4.96. The molecule has 0 aromatic heterocycles. The lowest BCUT2D eigenvalue weighted by Gasteiger charge is -2.21. The largest absolute Gasteiger partial charge is 0.309 e. The van der Waals surface area contributed by atoms with Gasteiger partial charge in [-0.25, -0.2) is 4.39 Å². The summed E-state index contributed by atoms with van der Waals surface area (Å²) in [6.45, 7) is 4.85. The minimum Gasteiger partial charge on any atom is -0.309 e. The van der Waals surface area contributed by atoms with Gasteiger partial charge < -0.3 is 5.32 Å². The third-order valence-corrected chi connectivity index (χ3v) is 4.64. The highest BCUT2D eigenvalue weighted by Crippen LogP contribution is 2.20. The minimum atomic E-state index is -0.815. The van der Waals surface area contributed by atoms with E-state index in [4.69, 9.17) is 0 Å². The number of hydrogen-bond donors (Lipinski definition) is 1. The van der Waals surface area contributed by atoms with Crippen LogP contribution in [-0.4, -0.2) is 22.3 Å². The lowest BCUT2D eigenvalue weighted by molar-refractivity contribution is 0.481. The second kappa shape index (κ2) is 8.43. The van der Waals surface area contributed by atoms with Crippen LogP contribution in [0.5, 0.6) is 0 Å². The maximum absolute atomic E-state index is 13.0. The maximum atomic E-state index is 13.0. The Bertz CT molecular complexity index is 394. The lowest BCUT2D eigenvalue weighted by Crippen LogP contribution is -2.31. The molecular weight excluding hydrogens is 261 g/mol. The van der Waals surface area contributed by atoms with E-state index in [1.807, 2.05) is 19.1 Å². The number of benzene rings is 1. The number of hydrogen-bond acceptors (Lipinski definition) is 2. The van der Waals surface area contributed by atoms with Crippen LogP contribution in [0.3, 0.4) is 0 Å². The molecule has 0 radical (unpaired) electrons. The maximum Gasteiger partial charge on any atom is 0.123 e. The molecule has 2 nitrogen and oxygen atoms in total. The van der Waals surface area contributed by atoms with Gasteiger partial charge in [-0.3, -0.25) is 4.21 Å². The van der Waals surface area contributed by atoms with E-state index in [2.05, 4.69) is 12.2 Å². The van der Waals surface area contributed by atoms with Gasteiger partial charge in [-0.2, -0.15) is 0 Å². The van der Waals surface area contributed by atoms with E-state index in [0.717, 1.165) is 31.4 Å². The first kappa shape index (κ1) is 16.3. The van der Waals surface area contributed by atoms with Crippen LogP contribution in [0, 0.1) is 5.82 Å². The molecule has 3 unspecified atom stereocenters. The van der Waals surface area contributed by atoms with Crippen molar-refractivity contribution in [2.45, 2.75) is 44.4 Å². The van der Waals surface area contributed by atoms with Gasteiger partial charge in [0.2, 0.25) is 0 Å². The molecule has 1 N–H and O–H groups in total. The Balaban J connectivity index is 2.65. The molecule has 19 heavy (non-hydrogen) atoms. The van der Waals surface area contributed by atoms with Crippen LogP contribution >= 0.6 is 0 Å². The summed E-state index contributed by atoms with van der Waals surface area (Å²) in [5, 5.41) is 3.59. The zero-order chi connectivity index (χ0) is 14.3. The van der Waals surface area contributed by atoms with Gasteiger partial charge >= 0.3 is 0 Å². The average Bonchev–Trinajstić information content (AvgIpc) is 2.39. The Morgan fingerprint density at radius 3 is 2.47 bits per heavy atom. The van der Waals surface area contributed by atoms with Crippen molar-refractivity contribution in [1.29, 1.82) is 0 Å². The molecule has 1 aromatic carbocycles. The second-order valence-corrected chi connectivity index (χ2v) is 6.77. The summed E-state index contributed by atoms with van der Waals surface area (Å²) in [5.74, 6) is -0.207. The Morgan fingerprint density at radius 1 is 1.32 bits per heavy atom. The molecular formula is C15H24FNOS. The van der Waals surface area contributed by atoms with Crippen molar-refractivity contribution >= 4 is 10.8 Å². The van der Waals surface area contributed by atoms with Crippen molar-refractivity contribution < 1.29 is 8.60 Å². The molecule has 0 aliphatic rings. The van der Waals surface area contributed by atoms with Crippen molar-refractivity contribution in [3.63, 3.8) is 0 Å². The summed E-state index contributed by atoms with van der Waals surface area (Å²) in [5.41, 5.74) is 1.10. The third-order valence-electron chi connectivity index (χ3n) is 3.34. The Morgan fingerprint density at radius 2 is 1.95 bits per heavy atom. The van der Waals surface area contributed by atoms with Crippen molar-refractivity contribution in [2.24, 2.45) is 0 Å². The van der Waals surface area contributed by atoms with Crippen molar-refractivity contribution in [3.05, 3.63) is 35.6 Å². The minimum absolute atomic E-state index is 0.129. The fourth-order valence-corrected chi connectivity index (χ4v) is 2.25. The zero-order valence-corrected chi connectivity index (χ0v) is 12.8. The molecule has 108 valence electrons. The highest BCUT2D eigenvalue weighted by molar-refractivity contribution is 7.84. The van der Waals surface area contributed by atoms with Crippen molar-refractivity contribution in [3.8, 4) is 0 Å². The Kier molecular flexibility index (Phi) is 7.24. The van der Waals surface area contributed by atoms with E-state index in [1.54, 1.807) is 6.26 Å². The fraction of sp³-hybridized carbons (Fsp3) is 0.600. The molecule has 0 aliphatic carbocycles. The first-order chi connectivity index (χ1) is 9.04. The van der Waals surface area contributed by atoms with E-state index in [-0.39, 0.29) is 17.1 Å². The molecule has 0 bridgehead atoms. The molecule has 0 heterocycles. The van der Waals surface area contributed by atoms with Crippen LogP contribution in [0.4, 0.5) is 4.39 Å². The number of rotatable bonds is 8. The van der Waals surface area contributed by atoms with Crippen LogP contribution < -0.4 is 5.32 Å². The van der Waals surface area contributed by atoms with E-state index < -0.39 is 10.8 Å². The molecule has 3 atom stereocenters. The topological polar surface area (TPSA) is 29.1 Å². The van der Waals surface area contributed by atoms with Crippen LogP contribution in [0.15, 0.2) is 24.3 Å². The van der Waals surface area contributed by atoms with Gasteiger partial charge in [0.25, 0.3) is 0 Å². The Hall–Kier alpha value is -0.740. The van der Waals surface area contributed by atoms with Crippen LogP contribution in [0.25, 0.3) is 0 Å². The van der Waals surface area contributed by atoms with Crippen molar-refractivity contribution in [2.75, 3.05) is 12.8 Å². The summed E-state index contributed by atoms with van der Waals surface area (Å²) in [4.78, 5) is 0. The monoisotopic (exact) mass is 285 g/mol. The highest BCUT2D eigenvalue weighted by atomic mass is 32.2. The van der Waals surface area contributed by atoms with Gasteiger partial charge in [0.05, 0.1) is 0 Å². The molecule has 0 aliphatic heterocycles. The van der Waals surface area contributed by atoms with Gasteiger partial charge in [0.15, 0.2) is 0 Å². The summed E-state index contributed by atoms with van der Waals surface area (Å²) in [6, 6.07) is 6.87. The number of halogens is 1. The average molecular weight is 285 g/mol. The molecule has 0 saturated heterocycles. The smallest absolute Gasteiger partial charge is 0.123 e. The van der Waals surface area contributed by atoms with E-state index in [1.165, 1.54) is 12.1 Å². The van der Waals surface area contributed by atoms with Crippen LogP contribution in [-0.2, 0) is 10.8 Å². The van der Waals surface area contributed by atoms with Gasteiger partial charge in [0, 0.05) is 34.9 Å². The molecule has 0 saturated carbocycles. The third kappa shape index (κ3) is 5.83. The molecule has 0 amide bonds. The molecule has 1 aromatic rings. The van der Waals surface area contributed by atoms with Crippen LogP contribution in [0.1, 0.15) is 44.7 Å². The predicted molar refractivity (Wildman–Crippen MR) is 80.2 cm³/mol. The predicted octanol–water partition coefficient (Wildman–Crippen LogP) is 3.41. The lowest BCUT2D eigenvalue weighted by atomic mass is 10.0. The normalized spacial score (nSPS) is 16.0. The summed E-state index contributed by atoms with van der Waals surface area (Å²) >= 11 is 0. The van der Waals surface area contributed by atoms with Gasteiger partial charge in [-0.15, -0.1) is 0 Å². The quantitative estimate of drug-likeness (QED) is 0.793. The first-order valence-corrected chi connectivity index (χ1v) is 8.47. The van der Waals surface area contributed by atoms with Gasteiger partial charge in [-0.1, -0.05) is 31.9 Å². The summed E-state index contributed by atoms with van der Waals surface area (Å²) in [6.07, 6.45) is 5.00. The Labute approximate surface area is 118 Å². The molecule has 0 fully saturated rings. The van der Waals surface area contributed by atoms with Gasteiger partial charge in [-0.05, 0) is 31.0 Å². The molecule has 4 heteroatoms. The first-order valence-electron chi connectivity index (χ1n) is 6.85. The van der Waals surface area contributed by atoms with E-state index >= 15 is 0 Å². The summed E-state index contributed by atoms with van der Waals surface area (Å²) < 4.78 is 24.3. The zero-order valence-electron chi connectivity index (χ0n) is 12.0. The van der Waals surface area contributed by atoms with Crippen LogP contribution in [0.2, 0.25) is 0 Å². The number of nitrogens with one attached hydrogen (secondary N) is 1. The molecule has 0 spiro atoms. The SMILES string of the molecule is CCCCC(NCC(C)S(C)=O)c1ccc(F)cc1. The highest BCUT2D eigenvalue weighted by Gasteiger charge is 2.13.